The number of nitrogens with zero attached hydrogens (tertiary/aromatic N) is 2. The number of esters is 2. The predicted octanol–water partition coefficient (Wildman–Crippen LogP) is -0.899. The zero-order chi connectivity index (χ0) is 22.8. The van der Waals surface area contributed by atoms with E-state index in [-0.39, 0.29) is 19.1 Å². The number of carbonyl (C=O) groups excluding carboxylic acids is 3. The van der Waals surface area contributed by atoms with E-state index >= 15 is 0 Å². The fourth-order valence-corrected chi connectivity index (χ4v) is 3.83. The maximum absolute atomic E-state index is 12.7. The highest BCUT2D eigenvalue weighted by Crippen LogP contribution is 2.32. The van der Waals surface area contributed by atoms with E-state index in [0.29, 0.717) is 0 Å². The second-order valence-electron chi connectivity index (χ2n) is 7.03. The Kier molecular flexibility index (Phi) is 6.79. The van der Waals surface area contributed by atoms with Crippen LogP contribution in [0.3, 0.4) is 0 Å². The summed E-state index contributed by atoms with van der Waals surface area (Å²) in [5.41, 5.74) is 0.797. The molecule has 0 unspecified atom stereocenters. The Morgan fingerprint density at radius 3 is 2.32 bits per heavy atom. The lowest BCUT2D eigenvalue weighted by Gasteiger charge is -2.29. The Morgan fingerprint density at radius 2 is 1.74 bits per heavy atom. The van der Waals surface area contributed by atoms with Gasteiger partial charge in [-0.1, -0.05) is 18.2 Å². The first-order chi connectivity index (χ1) is 14.5. The van der Waals surface area contributed by atoms with Crippen molar-refractivity contribution >= 4 is 33.8 Å². The zero-order valence-electron chi connectivity index (χ0n) is 16.9. The van der Waals surface area contributed by atoms with Crippen molar-refractivity contribution in [2.75, 3.05) is 24.7 Å². The van der Waals surface area contributed by atoms with E-state index in [4.69, 9.17) is 19.3 Å². The summed E-state index contributed by atoms with van der Waals surface area (Å²) in [5.74, 6) is -1.73. The van der Waals surface area contributed by atoms with E-state index in [0.717, 1.165) is 19.5 Å². The first-order valence-electron chi connectivity index (χ1n) is 9.31. The molecule has 0 aliphatic carbocycles. The molecule has 0 spiro atoms. The third-order valence-electron chi connectivity index (χ3n) is 4.68. The van der Waals surface area contributed by atoms with Crippen molar-refractivity contribution < 1.29 is 41.2 Å². The van der Waals surface area contributed by atoms with Gasteiger partial charge in [0.25, 0.3) is 0 Å². The minimum absolute atomic E-state index is 0.0489. The Bertz CT molecular complexity index is 940. The molecule has 1 aromatic carbocycles. The van der Waals surface area contributed by atoms with Crippen molar-refractivity contribution in [1.29, 1.82) is 0 Å². The summed E-state index contributed by atoms with van der Waals surface area (Å²) in [6.07, 6.45) is -4.71. The van der Waals surface area contributed by atoms with Crippen molar-refractivity contribution in [1.82, 2.24) is 4.90 Å². The van der Waals surface area contributed by atoms with Gasteiger partial charge in [0.1, 0.15) is 6.10 Å². The summed E-state index contributed by atoms with van der Waals surface area (Å²) in [5, 5.41) is 4.87. The number of hydrogen-bond acceptors (Lipinski definition) is 10. The molecule has 0 radical (unpaired) electrons. The van der Waals surface area contributed by atoms with Gasteiger partial charge in [0.15, 0.2) is 18.4 Å². The van der Waals surface area contributed by atoms with Crippen LogP contribution in [0.4, 0.5) is 5.69 Å². The molecule has 2 aliphatic rings. The van der Waals surface area contributed by atoms with Gasteiger partial charge in [-0.05, 0) is 12.1 Å². The number of nitrogens with two attached hydrogens (primary N) is 1. The van der Waals surface area contributed by atoms with Gasteiger partial charge in [-0.15, -0.1) is 0 Å². The Morgan fingerprint density at radius 1 is 1.13 bits per heavy atom. The molecule has 2 N–H and O–H groups in total. The van der Waals surface area contributed by atoms with Crippen molar-refractivity contribution in [3.05, 3.63) is 30.3 Å². The molecule has 0 aromatic heterocycles. The highest BCUT2D eigenvalue weighted by molar-refractivity contribution is 7.84. The van der Waals surface area contributed by atoms with Crippen LogP contribution in [0.2, 0.25) is 0 Å². The fraction of sp³-hybridized carbons (Fsp3) is 0.500. The van der Waals surface area contributed by atoms with Crippen LogP contribution in [0.5, 0.6) is 0 Å². The molecule has 31 heavy (non-hydrogen) atoms. The summed E-state index contributed by atoms with van der Waals surface area (Å²) < 4.78 is 43.3. The van der Waals surface area contributed by atoms with E-state index in [1.54, 1.807) is 4.90 Å². The van der Waals surface area contributed by atoms with Gasteiger partial charge in [0.05, 0.1) is 19.8 Å². The van der Waals surface area contributed by atoms with Crippen LogP contribution < -0.4 is 10.0 Å². The number of amides is 1. The molecular weight excluding hydrogens is 434 g/mol. The second kappa shape index (κ2) is 9.18. The average molecular weight is 457 g/mol. The molecule has 4 atom stereocenters. The zero-order valence-corrected chi connectivity index (χ0v) is 17.7. The van der Waals surface area contributed by atoms with Gasteiger partial charge in [0.2, 0.25) is 5.91 Å². The number of ether oxygens (including phenoxy) is 3. The molecule has 0 bridgehead atoms. The van der Waals surface area contributed by atoms with E-state index < -0.39 is 53.4 Å². The molecule has 170 valence electrons. The quantitative estimate of drug-likeness (QED) is 0.509. The number of para-hydroxylation sites is 1. The van der Waals surface area contributed by atoms with Gasteiger partial charge >= 0.3 is 22.2 Å². The van der Waals surface area contributed by atoms with Crippen molar-refractivity contribution in [2.45, 2.75) is 38.4 Å². The van der Waals surface area contributed by atoms with E-state index in [9.17, 15) is 22.8 Å². The minimum atomic E-state index is -4.31. The molecule has 3 rings (SSSR count). The van der Waals surface area contributed by atoms with Gasteiger partial charge < -0.3 is 19.1 Å². The smallest absolute Gasteiger partial charge is 0.333 e. The lowest BCUT2D eigenvalue weighted by molar-refractivity contribution is -0.169. The third-order valence-corrected chi connectivity index (χ3v) is 5.15. The molecular formula is C18H23N3O9S. The minimum Gasteiger partial charge on any atom is -0.456 e. The highest BCUT2D eigenvalue weighted by Gasteiger charge is 2.54. The van der Waals surface area contributed by atoms with E-state index in [1.807, 2.05) is 30.3 Å². The van der Waals surface area contributed by atoms with Gasteiger partial charge in [0, 0.05) is 19.5 Å². The Balaban J connectivity index is 1.86. The molecule has 13 heteroatoms. The van der Waals surface area contributed by atoms with Crippen LogP contribution in [-0.4, -0.2) is 75.5 Å². The largest absolute Gasteiger partial charge is 0.456 e. The van der Waals surface area contributed by atoms with E-state index in [1.165, 1.54) is 4.90 Å². The predicted molar refractivity (Wildman–Crippen MR) is 104 cm³/mol. The second-order valence-corrected chi connectivity index (χ2v) is 8.25. The molecule has 0 saturated carbocycles. The Labute approximate surface area is 179 Å². The monoisotopic (exact) mass is 457 g/mol. The summed E-state index contributed by atoms with van der Waals surface area (Å²) in [7, 11) is -4.31. The SMILES string of the molecule is CC(=O)O[C@@H]1[C@H](OC(C)=O)[C@@H](COS(N)(=O)=O)O[C@H]1N1CN(c2ccccc2)CC1=O. The van der Waals surface area contributed by atoms with Crippen LogP contribution in [-0.2, 0) is 43.1 Å². The van der Waals surface area contributed by atoms with Gasteiger partial charge in [-0.25, -0.2) is 5.14 Å². The fourth-order valence-electron chi connectivity index (χ4n) is 3.51. The number of hydrogen-bond donors (Lipinski definition) is 1. The standard InChI is InChI=1S/C18H23N3O9S/c1-11(22)28-16-14(9-27-31(19,25)26)30-18(17(16)29-12(2)23)21-10-20(8-15(21)24)13-6-4-3-5-7-13/h3-7,14,16-18H,8-10H2,1-2H3,(H2,19,25,26)/t14-,16-,17-,18-/m1/s1. The van der Waals surface area contributed by atoms with Crippen LogP contribution in [0.15, 0.2) is 30.3 Å². The normalized spacial score (nSPS) is 26.2. The van der Waals surface area contributed by atoms with Crippen LogP contribution in [0.25, 0.3) is 0 Å². The van der Waals surface area contributed by atoms with Crippen LogP contribution in [0.1, 0.15) is 13.8 Å². The van der Waals surface area contributed by atoms with Crippen molar-refractivity contribution in [2.24, 2.45) is 5.14 Å². The number of benzene rings is 1. The summed E-state index contributed by atoms with van der Waals surface area (Å²) in [6.45, 7) is 1.84. The lowest BCUT2D eigenvalue weighted by atomic mass is 10.1. The molecule has 2 saturated heterocycles. The first kappa shape index (κ1) is 22.9. The van der Waals surface area contributed by atoms with Gasteiger partial charge in [-0.2, -0.15) is 8.42 Å². The van der Waals surface area contributed by atoms with Crippen LogP contribution in [0, 0.1) is 0 Å². The first-order valence-corrected chi connectivity index (χ1v) is 10.8. The molecule has 1 amide bonds. The maximum Gasteiger partial charge on any atom is 0.333 e. The summed E-state index contributed by atoms with van der Waals surface area (Å²) in [4.78, 5) is 39.2. The summed E-state index contributed by atoms with van der Waals surface area (Å²) in [6, 6.07) is 9.16. The number of rotatable bonds is 7. The topological polar surface area (TPSA) is 155 Å². The highest BCUT2D eigenvalue weighted by atomic mass is 32.2. The lowest BCUT2D eigenvalue weighted by Crippen LogP contribution is -2.48. The average Bonchev–Trinajstić information content (AvgIpc) is 3.20. The molecule has 2 heterocycles. The third kappa shape index (κ3) is 5.70. The van der Waals surface area contributed by atoms with Gasteiger partial charge in [-0.3, -0.25) is 23.5 Å². The summed E-state index contributed by atoms with van der Waals surface area (Å²) >= 11 is 0. The molecule has 2 aliphatic heterocycles. The number of carbonyl (C=O) groups is 3. The molecule has 1 aromatic rings. The Hall–Kier alpha value is -2.74. The van der Waals surface area contributed by atoms with Crippen molar-refractivity contribution in [3.63, 3.8) is 0 Å². The van der Waals surface area contributed by atoms with Crippen molar-refractivity contribution in [3.8, 4) is 0 Å². The molecule has 12 nitrogen and oxygen atoms in total. The molecule has 2 fully saturated rings. The van der Waals surface area contributed by atoms with Crippen LogP contribution >= 0.6 is 0 Å². The number of anilines is 1. The van der Waals surface area contributed by atoms with E-state index in [2.05, 4.69) is 4.18 Å². The maximum atomic E-state index is 12.7.